The molecule has 24 heavy (non-hydrogen) atoms. The van der Waals surface area contributed by atoms with E-state index in [1.807, 2.05) is 41.2 Å². The number of rotatable bonds is 5. The minimum absolute atomic E-state index is 0.807. The van der Waals surface area contributed by atoms with Crippen LogP contribution in [0.5, 0.6) is 0 Å². The van der Waals surface area contributed by atoms with E-state index in [9.17, 15) is 0 Å². The van der Waals surface area contributed by atoms with Gasteiger partial charge in [0.2, 0.25) is 0 Å². The van der Waals surface area contributed by atoms with Crippen LogP contribution in [0.3, 0.4) is 0 Å². The fourth-order valence-corrected chi connectivity index (χ4v) is 3.50. The summed E-state index contributed by atoms with van der Waals surface area (Å²) < 4.78 is 1.90. The van der Waals surface area contributed by atoms with Gasteiger partial charge in [-0.05, 0) is 37.1 Å². The Morgan fingerprint density at radius 2 is 2.04 bits per heavy atom. The number of nitrogens with zero attached hydrogens (tertiary/aromatic N) is 4. The average Bonchev–Trinajstić information content (AvgIpc) is 3.22. The van der Waals surface area contributed by atoms with E-state index in [-0.39, 0.29) is 0 Å². The first kappa shape index (κ1) is 14.8. The monoisotopic (exact) mass is 335 g/mol. The first-order chi connectivity index (χ1) is 11.8. The Morgan fingerprint density at radius 3 is 2.92 bits per heavy atom. The molecule has 0 atom stereocenters. The molecule has 0 aliphatic carbocycles. The van der Waals surface area contributed by atoms with Crippen molar-refractivity contribution in [2.75, 3.05) is 11.9 Å². The highest BCUT2D eigenvalue weighted by atomic mass is 32.1. The first-order valence-corrected chi connectivity index (χ1v) is 8.65. The first-order valence-electron chi connectivity index (χ1n) is 7.83. The number of benzene rings is 1. The Balaban J connectivity index is 1.43. The van der Waals surface area contributed by atoms with E-state index >= 15 is 0 Å². The molecular weight excluding hydrogens is 318 g/mol. The molecule has 0 saturated heterocycles. The molecule has 0 fully saturated rings. The summed E-state index contributed by atoms with van der Waals surface area (Å²) in [6, 6.07) is 12.3. The normalized spacial score (nSPS) is 11.0. The van der Waals surface area contributed by atoms with Gasteiger partial charge in [-0.2, -0.15) is 5.10 Å². The van der Waals surface area contributed by atoms with Crippen LogP contribution in [-0.2, 0) is 6.42 Å². The van der Waals surface area contributed by atoms with Gasteiger partial charge >= 0.3 is 0 Å². The SMILES string of the molecule is Cc1cc2c(NCCc3cnn(-c4ccccc4)c3)ncnc2s1. The standard InChI is InChI=1S/C18H17N5S/c1-13-9-16-17(20-12-21-18(16)24-13)19-8-7-14-10-22-23(11-14)15-5-3-2-4-6-15/h2-6,9-12H,7-8H2,1H3,(H,19,20,21). The van der Waals surface area contributed by atoms with Gasteiger partial charge < -0.3 is 5.32 Å². The van der Waals surface area contributed by atoms with Gasteiger partial charge in [0, 0.05) is 17.6 Å². The topological polar surface area (TPSA) is 55.6 Å². The summed E-state index contributed by atoms with van der Waals surface area (Å²) in [6.45, 7) is 2.90. The van der Waals surface area contributed by atoms with Crippen molar-refractivity contribution in [3.05, 3.63) is 65.6 Å². The number of hydrogen-bond acceptors (Lipinski definition) is 5. The van der Waals surface area contributed by atoms with Crippen molar-refractivity contribution >= 4 is 27.4 Å². The van der Waals surface area contributed by atoms with Crippen molar-refractivity contribution in [3.63, 3.8) is 0 Å². The molecule has 4 rings (SSSR count). The lowest BCUT2D eigenvalue weighted by Crippen LogP contribution is -2.06. The molecule has 0 amide bonds. The average molecular weight is 335 g/mol. The van der Waals surface area contributed by atoms with Gasteiger partial charge in [0.15, 0.2) is 0 Å². The van der Waals surface area contributed by atoms with E-state index in [4.69, 9.17) is 0 Å². The molecule has 0 aliphatic rings. The Bertz CT molecular complexity index is 958. The van der Waals surface area contributed by atoms with Gasteiger partial charge in [-0.1, -0.05) is 18.2 Å². The maximum Gasteiger partial charge on any atom is 0.138 e. The summed E-state index contributed by atoms with van der Waals surface area (Å²) in [5, 5.41) is 8.94. The molecule has 5 nitrogen and oxygen atoms in total. The van der Waals surface area contributed by atoms with E-state index in [0.717, 1.165) is 34.7 Å². The zero-order valence-corrected chi connectivity index (χ0v) is 14.1. The quantitative estimate of drug-likeness (QED) is 0.602. The van der Waals surface area contributed by atoms with Crippen LogP contribution in [-0.4, -0.2) is 26.3 Å². The maximum atomic E-state index is 4.43. The lowest BCUT2D eigenvalue weighted by atomic mass is 10.2. The van der Waals surface area contributed by atoms with Gasteiger partial charge in [0.25, 0.3) is 0 Å². The predicted octanol–water partition coefficient (Wildman–Crippen LogP) is 3.84. The minimum Gasteiger partial charge on any atom is -0.369 e. The third-order valence-corrected chi connectivity index (χ3v) is 4.77. The van der Waals surface area contributed by atoms with Crippen molar-refractivity contribution in [1.29, 1.82) is 0 Å². The summed E-state index contributed by atoms with van der Waals surface area (Å²) in [4.78, 5) is 11.0. The lowest BCUT2D eigenvalue weighted by molar-refractivity contribution is 0.879. The second-order valence-electron chi connectivity index (χ2n) is 5.60. The molecule has 3 heterocycles. The summed E-state index contributed by atoms with van der Waals surface area (Å²) in [7, 11) is 0. The van der Waals surface area contributed by atoms with E-state index in [2.05, 4.69) is 39.6 Å². The fraction of sp³-hybridized carbons (Fsp3) is 0.167. The van der Waals surface area contributed by atoms with Crippen LogP contribution in [0.25, 0.3) is 15.9 Å². The minimum atomic E-state index is 0.807. The summed E-state index contributed by atoms with van der Waals surface area (Å²) in [5.41, 5.74) is 2.26. The molecule has 6 heteroatoms. The molecule has 1 N–H and O–H groups in total. The van der Waals surface area contributed by atoms with Gasteiger partial charge in [0.1, 0.15) is 17.0 Å². The van der Waals surface area contributed by atoms with Crippen molar-refractivity contribution in [2.45, 2.75) is 13.3 Å². The Morgan fingerprint density at radius 1 is 1.17 bits per heavy atom. The van der Waals surface area contributed by atoms with Crippen LogP contribution in [0.2, 0.25) is 0 Å². The van der Waals surface area contributed by atoms with Gasteiger partial charge in [-0.3, -0.25) is 0 Å². The Labute approximate surface area is 144 Å². The summed E-state index contributed by atoms with van der Waals surface area (Å²) in [5.74, 6) is 0.903. The molecule has 1 aromatic carbocycles. The number of hydrogen-bond donors (Lipinski definition) is 1. The molecule has 4 aromatic rings. The van der Waals surface area contributed by atoms with Crippen LogP contribution >= 0.6 is 11.3 Å². The molecule has 0 saturated carbocycles. The molecule has 120 valence electrons. The molecule has 0 aliphatic heterocycles. The van der Waals surface area contributed by atoms with Crippen LogP contribution < -0.4 is 5.32 Å². The third-order valence-electron chi connectivity index (χ3n) is 3.82. The van der Waals surface area contributed by atoms with Gasteiger partial charge in [-0.25, -0.2) is 14.6 Å². The van der Waals surface area contributed by atoms with E-state index < -0.39 is 0 Å². The second-order valence-corrected chi connectivity index (χ2v) is 6.84. The highest BCUT2D eigenvalue weighted by molar-refractivity contribution is 7.18. The third kappa shape index (κ3) is 3.00. The Hall–Kier alpha value is -2.73. The van der Waals surface area contributed by atoms with Crippen molar-refractivity contribution in [1.82, 2.24) is 19.7 Å². The lowest BCUT2D eigenvalue weighted by Gasteiger charge is -2.05. The molecule has 3 aromatic heterocycles. The van der Waals surface area contributed by atoms with Crippen molar-refractivity contribution < 1.29 is 0 Å². The number of fused-ring (bicyclic) bond motifs is 1. The van der Waals surface area contributed by atoms with E-state index in [1.54, 1.807) is 17.7 Å². The fourth-order valence-electron chi connectivity index (χ4n) is 2.65. The Kier molecular flexibility index (Phi) is 3.96. The number of thiophene rings is 1. The number of para-hydroxylation sites is 1. The van der Waals surface area contributed by atoms with Gasteiger partial charge in [-0.15, -0.1) is 11.3 Å². The number of anilines is 1. The van der Waals surface area contributed by atoms with Crippen molar-refractivity contribution in [2.24, 2.45) is 0 Å². The van der Waals surface area contributed by atoms with Crippen molar-refractivity contribution in [3.8, 4) is 5.69 Å². The number of aromatic nitrogens is 4. The van der Waals surface area contributed by atoms with Crippen LogP contribution in [0.1, 0.15) is 10.4 Å². The predicted molar refractivity (Wildman–Crippen MR) is 97.9 cm³/mol. The van der Waals surface area contributed by atoms with E-state index in [1.165, 1.54) is 10.4 Å². The molecule has 0 bridgehead atoms. The smallest absolute Gasteiger partial charge is 0.138 e. The number of aryl methyl sites for hydroxylation is 1. The molecular formula is C18H17N5S. The van der Waals surface area contributed by atoms with Crippen LogP contribution in [0, 0.1) is 6.92 Å². The maximum absolute atomic E-state index is 4.43. The van der Waals surface area contributed by atoms with Gasteiger partial charge in [0.05, 0.1) is 17.3 Å². The highest BCUT2D eigenvalue weighted by Gasteiger charge is 2.07. The largest absolute Gasteiger partial charge is 0.369 e. The summed E-state index contributed by atoms with van der Waals surface area (Å²) >= 11 is 1.69. The molecule has 0 unspecified atom stereocenters. The molecule has 0 radical (unpaired) electrons. The van der Waals surface area contributed by atoms with Crippen LogP contribution in [0.15, 0.2) is 55.1 Å². The highest BCUT2D eigenvalue weighted by Crippen LogP contribution is 2.27. The van der Waals surface area contributed by atoms with Crippen LogP contribution in [0.4, 0.5) is 5.82 Å². The molecule has 0 spiro atoms. The number of nitrogens with one attached hydrogen (secondary N) is 1. The zero-order valence-electron chi connectivity index (χ0n) is 13.3. The second kappa shape index (κ2) is 6.41. The zero-order chi connectivity index (χ0) is 16.4. The van der Waals surface area contributed by atoms with E-state index in [0.29, 0.717) is 0 Å². The summed E-state index contributed by atoms with van der Waals surface area (Å²) in [6.07, 6.45) is 6.50.